The molecule has 0 fully saturated rings. The summed E-state index contributed by atoms with van der Waals surface area (Å²) >= 11 is 0. The highest BCUT2D eigenvalue weighted by Crippen LogP contribution is 2.24. The molecular weight excluding hydrogens is 329 g/mol. The normalized spacial score (nSPS) is 11.3. The van der Waals surface area contributed by atoms with E-state index in [-0.39, 0.29) is 6.42 Å². The van der Waals surface area contributed by atoms with Gasteiger partial charge in [-0.3, -0.25) is 4.79 Å². The van der Waals surface area contributed by atoms with Gasteiger partial charge in [0.05, 0.1) is 6.61 Å². The number of benzene rings is 2. The van der Waals surface area contributed by atoms with E-state index in [0.717, 1.165) is 29.7 Å². The van der Waals surface area contributed by atoms with Crippen molar-refractivity contribution in [1.29, 1.82) is 0 Å². The molecule has 0 heterocycles. The van der Waals surface area contributed by atoms with Crippen molar-refractivity contribution in [3.05, 3.63) is 54.6 Å². The second-order valence-corrected chi connectivity index (χ2v) is 5.83. The molecule has 0 radical (unpaired) electrons. The summed E-state index contributed by atoms with van der Waals surface area (Å²) in [7, 11) is 0. The molecule has 2 nitrogen and oxygen atoms in total. The molecular formula is C20H21F3O2. The van der Waals surface area contributed by atoms with Gasteiger partial charge in [0, 0.05) is 6.42 Å². The van der Waals surface area contributed by atoms with Gasteiger partial charge in [0.1, 0.15) is 5.75 Å². The molecule has 0 spiro atoms. The number of carbonyl (C=O) groups is 1. The van der Waals surface area contributed by atoms with E-state index in [4.69, 9.17) is 4.74 Å². The van der Waals surface area contributed by atoms with Gasteiger partial charge in [0.15, 0.2) is 0 Å². The van der Waals surface area contributed by atoms with Crippen LogP contribution in [0.2, 0.25) is 0 Å². The molecule has 0 saturated carbocycles. The molecule has 5 heteroatoms. The maximum atomic E-state index is 12.1. The first kappa shape index (κ1) is 19.0. The summed E-state index contributed by atoms with van der Waals surface area (Å²) in [5.74, 6) is -0.866. The van der Waals surface area contributed by atoms with Crippen LogP contribution in [0.3, 0.4) is 0 Å². The number of alkyl halides is 3. The number of rotatable bonds is 9. The molecule has 0 saturated heterocycles. The van der Waals surface area contributed by atoms with E-state index in [9.17, 15) is 18.0 Å². The van der Waals surface area contributed by atoms with Crippen LogP contribution in [0.1, 0.15) is 32.1 Å². The average molecular weight is 350 g/mol. The Labute approximate surface area is 145 Å². The Bertz CT molecular complexity index is 666. The summed E-state index contributed by atoms with van der Waals surface area (Å²) in [6.45, 7) is 0.505. The highest BCUT2D eigenvalue weighted by atomic mass is 19.4. The monoisotopic (exact) mass is 350 g/mol. The number of ketones is 1. The number of halogens is 3. The summed E-state index contributed by atoms with van der Waals surface area (Å²) < 4.78 is 41.9. The minimum Gasteiger partial charge on any atom is -0.494 e. The Hall–Kier alpha value is -2.30. The van der Waals surface area contributed by atoms with Crippen molar-refractivity contribution in [3.8, 4) is 16.9 Å². The summed E-state index contributed by atoms with van der Waals surface area (Å²) in [4.78, 5) is 10.7. The van der Waals surface area contributed by atoms with Crippen LogP contribution >= 0.6 is 0 Å². The second kappa shape index (κ2) is 9.25. The molecule has 0 aliphatic heterocycles. The predicted molar refractivity (Wildman–Crippen MR) is 91.5 cm³/mol. The zero-order valence-corrected chi connectivity index (χ0v) is 13.9. The van der Waals surface area contributed by atoms with E-state index in [1.807, 2.05) is 54.6 Å². The molecule has 25 heavy (non-hydrogen) atoms. The first-order valence-corrected chi connectivity index (χ1v) is 8.35. The lowest BCUT2D eigenvalue weighted by Crippen LogP contribution is -2.22. The highest BCUT2D eigenvalue weighted by Gasteiger charge is 2.36. The lowest BCUT2D eigenvalue weighted by Gasteiger charge is -2.08. The third-order valence-corrected chi connectivity index (χ3v) is 3.82. The molecule has 0 unspecified atom stereocenters. The Morgan fingerprint density at radius 3 is 2.24 bits per heavy atom. The van der Waals surface area contributed by atoms with Gasteiger partial charge in [-0.05, 0) is 36.1 Å². The van der Waals surface area contributed by atoms with E-state index in [1.165, 1.54) is 0 Å². The molecule has 2 aromatic carbocycles. The van der Waals surface area contributed by atoms with Crippen molar-refractivity contribution in [2.24, 2.45) is 0 Å². The average Bonchev–Trinajstić information content (AvgIpc) is 2.61. The number of hydrogen-bond acceptors (Lipinski definition) is 2. The highest BCUT2D eigenvalue weighted by molar-refractivity contribution is 5.83. The lowest BCUT2D eigenvalue weighted by molar-refractivity contribution is -0.171. The van der Waals surface area contributed by atoms with Crippen molar-refractivity contribution in [3.63, 3.8) is 0 Å². The van der Waals surface area contributed by atoms with Crippen molar-refractivity contribution < 1.29 is 22.7 Å². The fraction of sp³-hybridized carbons (Fsp3) is 0.350. The van der Waals surface area contributed by atoms with Gasteiger partial charge >= 0.3 is 6.18 Å². The molecule has 0 bridgehead atoms. The number of unbranched alkanes of at least 4 members (excludes halogenated alkanes) is 3. The first-order chi connectivity index (χ1) is 12.0. The Kier molecular flexibility index (Phi) is 7.04. The maximum absolute atomic E-state index is 12.1. The Morgan fingerprint density at radius 2 is 1.52 bits per heavy atom. The zero-order chi connectivity index (χ0) is 18.1. The van der Waals surface area contributed by atoms with E-state index < -0.39 is 18.4 Å². The molecule has 134 valence electrons. The standard InChI is InChI=1S/C20H21F3O2/c21-20(22,23)19(24)13-6-1-2-7-14-25-18-12-8-11-17(15-18)16-9-4-3-5-10-16/h3-5,8-12,15H,1-2,6-7,13-14H2. The molecule has 0 aromatic heterocycles. The molecule has 0 aliphatic rings. The number of Topliss-reactive ketones (excluding diaryl/α,β-unsaturated/α-hetero) is 1. The number of carbonyl (C=O) groups excluding carboxylic acids is 1. The Morgan fingerprint density at radius 1 is 0.840 bits per heavy atom. The van der Waals surface area contributed by atoms with Gasteiger partial charge in [-0.15, -0.1) is 0 Å². The minimum atomic E-state index is -4.70. The van der Waals surface area contributed by atoms with Crippen LogP contribution in [0, 0.1) is 0 Å². The summed E-state index contributed by atoms with van der Waals surface area (Å²) in [6.07, 6.45) is -2.79. The van der Waals surface area contributed by atoms with Gasteiger partial charge in [0.2, 0.25) is 5.78 Å². The number of ether oxygens (including phenoxy) is 1. The molecule has 0 amide bonds. The van der Waals surface area contributed by atoms with E-state index >= 15 is 0 Å². The summed E-state index contributed by atoms with van der Waals surface area (Å²) in [6, 6.07) is 17.8. The third-order valence-electron chi connectivity index (χ3n) is 3.82. The molecule has 0 atom stereocenters. The number of hydrogen-bond donors (Lipinski definition) is 0. The van der Waals surface area contributed by atoms with Crippen molar-refractivity contribution in [1.82, 2.24) is 0 Å². The van der Waals surface area contributed by atoms with Crippen molar-refractivity contribution >= 4 is 5.78 Å². The summed E-state index contributed by atoms with van der Waals surface area (Å²) in [5.41, 5.74) is 2.19. The third kappa shape index (κ3) is 6.61. The lowest BCUT2D eigenvalue weighted by atomic mass is 10.1. The SMILES string of the molecule is O=C(CCCCCCOc1cccc(-c2ccccc2)c1)C(F)(F)F. The smallest absolute Gasteiger partial charge is 0.449 e. The minimum absolute atomic E-state index is 0.266. The molecule has 2 rings (SSSR count). The molecule has 0 aliphatic carbocycles. The van der Waals surface area contributed by atoms with E-state index in [0.29, 0.717) is 13.0 Å². The van der Waals surface area contributed by atoms with Crippen molar-refractivity contribution in [2.45, 2.75) is 38.3 Å². The summed E-state index contributed by atoms with van der Waals surface area (Å²) in [5, 5.41) is 0. The first-order valence-electron chi connectivity index (χ1n) is 8.35. The van der Waals surface area contributed by atoms with Crippen LogP contribution in [0.5, 0.6) is 5.75 Å². The predicted octanol–water partition coefficient (Wildman–Crippen LogP) is 5.81. The van der Waals surface area contributed by atoms with Gasteiger partial charge in [-0.25, -0.2) is 0 Å². The van der Waals surface area contributed by atoms with Gasteiger partial charge in [0.25, 0.3) is 0 Å². The van der Waals surface area contributed by atoms with E-state index in [2.05, 4.69) is 0 Å². The van der Waals surface area contributed by atoms with Crippen LogP contribution in [0.15, 0.2) is 54.6 Å². The van der Waals surface area contributed by atoms with Gasteiger partial charge in [-0.1, -0.05) is 55.3 Å². The van der Waals surface area contributed by atoms with Crippen LogP contribution in [0.4, 0.5) is 13.2 Å². The van der Waals surface area contributed by atoms with Crippen LogP contribution in [-0.4, -0.2) is 18.6 Å². The largest absolute Gasteiger partial charge is 0.494 e. The van der Waals surface area contributed by atoms with Crippen LogP contribution < -0.4 is 4.74 Å². The van der Waals surface area contributed by atoms with Gasteiger partial charge in [-0.2, -0.15) is 13.2 Å². The quantitative estimate of drug-likeness (QED) is 0.533. The maximum Gasteiger partial charge on any atom is 0.449 e. The topological polar surface area (TPSA) is 26.3 Å². The molecule has 0 N–H and O–H groups in total. The zero-order valence-electron chi connectivity index (χ0n) is 13.9. The molecule has 2 aromatic rings. The van der Waals surface area contributed by atoms with Crippen LogP contribution in [-0.2, 0) is 4.79 Å². The second-order valence-electron chi connectivity index (χ2n) is 5.83. The van der Waals surface area contributed by atoms with Crippen molar-refractivity contribution in [2.75, 3.05) is 6.61 Å². The Balaban J connectivity index is 1.67. The van der Waals surface area contributed by atoms with E-state index in [1.54, 1.807) is 0 Å². The van der Waals surface area contributed by atoms with Gasteiger partial charge < -0.3 is 4.74 Å². The fourth-order valence-corrected chi connectivity index (χ4v) is 2.47. The van der Waals surface area contributed by atoms with Crippen LogP contribution in [0.25, 0.3) is 11.1 Å². The fourth-order valence-electron chi connectivity index (χ4n) is 2.47.